The highest BCUT2D eigenvalue weighted by atomic mass is 35.5. The molecule has 2 aromatic rings. The van der Waals surface area contributed by atoms with Gasteiger partial charge in [-0.1, -0.05) is 29.3 Å². The summed E-state index contributed by atoms with van der Waals surface area (Å²) in [5, 5.41) is 0.875. The van der Waals surface area contributed by atoms with Gasteiger partial charge in [0.2, 0.25) is 0 Å². The van der Waals surface area contributed by atoms with Crippen LogP contribution in [0, 0.1) is 0 Å². The molecule has 0 radical (unpaired) electrons. The highest BCUT2D eigenvalue weighted by Crippen LogP contribution is 2.27. The summed E-state index contributed by atoms with van der Waals surface area (Å²) in [5.41, 5.74) is 7.65. The zero-order valence-corrected chi connectivity index (χ0v) is 14.7. The van der Waals surface area contributed by atoms with Gasteiger partial charge in [-0.2, -0.15) is 4.99 Å². The van der Waals surface area contributed by atoms with E-state index in [4.69, 9.17) is 33.7 Å². The fourth-order valence-electron chi connectivity index (χ4n) is 2.30. The maximum Gasteiger partial charge on any atom is 0.345 e. The van der Waals surface area contributed by atoms with E-state index in [-0.39, 0.29) is 5.84 Å². The SMILES string of the molecule is NC(=NC(=O)N1CCOCC1)c1cc(-c2ccc(Cl)c(Cl)c2)ncn1. The molecular weight excluding hydrogens is 365 g/mol. The first-order valence-electron chi connectivity index (χ1n) is 7.53. The van der Waals surface area contributed by atoms with Gasteiger partial charge in [-0.05, 0) is 18.2 Å². The second kappa shape index (κ2) is 7.77. The van der Waals surface area contributed by atoms with Crippen LogP contribution < -0.4 is 5.73 Å². The van der Waals surface area contributed by atoms with Gasteiger partial charge < -0.3 is 15.4 Å². The van der Waals surface area contributed by atoms with Crippen LogP contribution in [0.3, 0.4) is 0 Å². The predicted molar refractivity (Wildman–Crippen MR) is 96.0 cm³/mol. The summed E-state index contributed by atoms with van der Waals surface area (Å²) < 4.78 is 5.21. The van der Waals surface area contributed by atoms with E-state index in [1.807, 2.05) is 0 Å². The lowest BCUT2D eigenvalue weighted by atomic mass is 10.1. The number of benzene rings is 1. The summed E-state index contributed by atoms with van der Waals surface area (Å²) in [6.07, 6.45) is 1.36. The summed E-state index contributed by atoms with van der Waals surface area (Å²) in [4.78, 5) is 25.9. The van der Waals surface area contributed by atoms with Crippen LogP contribution in [0.2, 0.25) is 10.0 Å². The van der Waals surface area contributed by atoms with E-state index < -0.39 is 6.03 Å². The molecule has 0 saturated carbocycles. The fourth-order valence-corrected chi connectivity index (χ4v) is 2.59. The number of aliphatic imine (C=N–C) groups is 1. The lowest BCUT2D eigenvalue weighted by Crippen LogP contribution is -2.40. The second-order valence-electron chi connectivity index (χ2n) is 5.30. The molecular formula is C16H15Cl2N5O2. The second-order valence-corrected chi connectivity index (χ2v) is 6.11. The number of urea groups is 1. The van der Waals surface area contributed by atoms with Crippen molar-refractivity contribution in [2.24, 2.45) is 10.7 Å². The van der Waals surface area contributed by atoms with Crippen molar-refractivity contribution in [1.29, 1.82) is 0 Å². The molecule has 0 atom stereocenters. The number of halogens is 2. The van der Waals surface area contributed by atoms with E-state index in [1.54, 1.807) is 29.2 Å². The van der Waals surface area contributed by atoms with Crippen molar-refractivity contribution in [3.63, 3.8) is 0 Å². The molecule has 3 rings (SSSR count). The zero-order valence-electron chi connectivity index (χ0n) is 13.2. The highest BCUT2D eigenvalue weighted by Gasteiger charge is 2.17. The van der Waals surface area contributed by atoms with Crippen molar-refractivity contribution in [3.8, 4) is 11.3 Å². The van der Waals surface area contributed by atoms with Crippen molar-refractivity contribution < 1.29 is 9.53 Å². The predicted octanol–water partition coefficient (Wildman–Crippen LogP) is 2.61. The van der Waals surface area contributed by atoms with Gasteiger partial charge >= 0.3 is 6.03 Å². The standard InChI is InChI=1S/C16H15Cl2N5O2/c17-11-2-1-10(7-12(11)18)13-8-14(21-9-20-13)15(19)22-16(24)23-3-5-25-6-4-23/h1-2,7-9H,3-6H2,(H2,19,22,24). The molecule has 2 heterocycles. The molecule has 2 amide bonds. The van der Waals surface area contributed by atoms with Crippen molar-refractivity contribution in [2.45, 2.75) is 0 Å². The van der Waals surface area contributed by atoms with Crippen LogP contribution in [-0.4, -0.2) is 53.0 Å². The third-order valence-electron chi connectivity index (χ3n) is 3.64. The molecule has 9 heteroatoms. The van der Waals surface area contributed by atoms with Crippen LogP contribution in [0.4, 0.5) is 4.79 Å². The first kappa shape index (κ1) is 17.6. The largest absolute Gasteiger partial charge is 0.382 e. The van der Waals surface area contributed by atoms with E-state index in [0.717, 1.165) is 5.56 Å². The van der Waals surface area contributed by atoms with Gasteiger partial charge in [0.25, 0.3) is 0 Å². The maximum absolute atomic E-state index is 12.1. The minimum atomic E-state index is -0.407. The minimum absolute atomic E-state index is 0.0280. The van der Waals surface area contributed by atoms with Crippen LogP contribution in [0.25, 0.3) is 11.3 Å². The molecule has 130 valence electrons. The fraction of sp³-hybridized carbons (Fsp3) is 0.250. The number of rotatable bonds is 2. The number of amidine groups is 1. The Labute approximate surface area is 154 Å². The van der Waals surface area contributed by atoms with E-state index in [0.29, 0.717) is 47.7 Å². The number of hydrogen-bond acceptors (Lipinski definition) is 4. The first-order chi connectivity index (χ1) is 12.0. The molecule has 1 aromatic heterocycles. The quantitative estimate of drug-likeness (QED) is 0.639. The molecule has 0 aliphatic carbocycles. The summed E-state index contributed by atoms with van der Waals surface area (Å²) in [7, 11) is 0. The number of aromatic nitrogens is 2. The Morgan fingerprint density at radius 2 is 1.92 bits per heavy atom. The van der Waals surface area contributed by atoms with E-state index in [2.05, 4.69) is 15.0 Å². The highest BCUT2D eigenvalue weighted by molar-refractivity contribution is 6.42. The molecule has 25 heavy (non-hydrogen) atoms. The Morgan fingerprint density at radius 1 is 1.16 bits per heavy atom. The Balaban J connectivity index is 1.83. The van der Waals surface area contributed by atoms with Gasteiger partial charge in [0.1, 0.15) is 12.0 Å². The molecule has 0 unspecified atom stereocenters. The van der Waals surface area contributed by atoms with E-state index >= 15 is 0 Å². The molecule has 1 aliphatic rings. The molecule has 0 bridgehead atoms. The summed E-state index contributed by atoms with van der Waals surface area (Å²) in [6.45, 7) is 1.98. The number of carbonyl (C=O) groups excluding carboxylic acids is 1. The van der Waals surface area contributed by atoms with Gasteiger partial charge in [-0.3, -0.25) is 0 Å². The smallest absolute Gasteiger partial charge is 0.345 e. The molecule has 0 spiro atoms. The van der Waals surface area contributed by atoms with Gasteiger partial charge in [-0.15, -0.1) is 0 Å². The Bertz CT molecular complexity index is 822. The molecule has 7 nitrogen and oxygen atoms in total. The number of hydrogen-bond donors (Lipinski definition) is 1. The van der Waals surface area contributed by atoms with Crippen molar-refractivity contribution >= 4 is 35.1 Å². The monoisotopic (exact) mass is 379 g/mol. The van der Waals surface area contributed by atoms with Crippen molar-refractivity contribution in [2.75, 3.05) is 26.3 Å². The summed E-state index contributed by atoms with van der Waals surface area (Å²) in [5.74, 6) is 0.0280. The topological polar surface area (TPSA) is 93.7 Å². The Kier molecular flexibility index (Phi) is 5.47. The van der Waals surface area contributed by atoms with Crippen molar-refractivity contribution in [1.82, 2.24) is 14.9 Å². The lowest BCUT2D eigenvalue weighted by molar-refractivity contribution is 0.0555. The van der Waals surface area contributed by atoms with Gasteiger partial charge in [0.05, 0.1) is 29.0 Å². The maximum atomic E-state index is 12.1. The Hall–Kier alpha value is -2.22. The minimum Gasteiger partial charge on any atom is -0.382 e. The third kappa shape index (κ3) is 4.25. The number of ether oxygens (including phenoxy) is 1. The third-order valence-corrected chi connectivity index (χ3v) is 4.38. The number of nitrogens with two attached hydrogens (primary N) is 1. The Morgan fingerprint density at radius 3 is 2.64 bits per heavy atom. The lowest BCUT2D eigenvalue weighted by Gasteiger charge is -2.24. The summed E-state index contributed by atoms with van der Waals surface area (Å²) >= 11 is 12.0. The van der Waals surface area contributed by atoms with Crippen LogP contribution >= 0.6 is 23.2 Å². The van der Waals surface area contributed by atoms with Crippen LogP contribution in [0.15, 0.2) is 35.6 Å². The van der Waals surface area contributed by atoms with Gasteiger partial charge in [0, 0.05) is 18.7 Å². The van der Waals surface area contributed by atoms with Crippen LogP contribution in [0.5, 0.6) is 0 Å². The number of nitrogens with zero attached hydrogens (tertiary/aromatic N) is 4. The van der Waals surface area contributed by atoms with Gasteiger partial charge in [-0.25, -0.2) is 14.8 Å². The summed E-state index contributed by atoms with van der Waals surface area (Å²) in [6, 6.07) is 6.40. The molecule has 1 fully saturated rings. The van der Waals surface area contributed by atoms with E-state index in [9.17, 15) is 4.79 Å². The average Bonchev–Trinajstić information content (AvgIpc) is 2.64. The molecule has 1 aliphatic heterocycles. The normalized spacial score (nSPS) is 15.3. The number of carbonyl (C=O) groups is 1. The first-order valence-corrected chi connectivity index (χ1v) is 8.29. The average molecular weight is 380 g/mol. The van der Waals surface area contributed by atoms with Gasteiger partial charge in [0.15, 0.2) is 5.84 Å². The number of morpholine rings is 1. The van der Waals surface area contributed by atoms with Crippen molar-refractivity contribution in [3.05, 3.63) is 46.3 Å². The molecule has 2 N–H and O–H groups in total. The molecule has 1 aromatic carbocycles. The zero-order chi connectivity index (χ0) is 17.8. The molecule has 1 saturated heterocycles. The van der Waals surface area contributed by atoms with E-state index in [1.165, 1.54) is 6.33 Å². The van der Waals surface area contributed by atoms with Crippen LogP contribution in [-0.2, 0) is 4.74 Å². The number of amides is 2. The van der Waals surface area contributed by atoms with Crippen LogP contribution in [0.1, 0.15) is 5.69 Å².